The van der Waals surface area contributed by atoms with Crippen LogP contribution in [0.5, 0.6) is 0 Å². The van der Waals surface area contributed by atoms with Gasteiger partial charge in [-0.2, -0.15) is 20.0 Å². The van der Waals surface area contributed by atoms with Gasteiger partial charge in [-0.15, -0.1) is 12.4 Å². The van der Waals surface area contributed by atoms with Gasteiger partial charge in [-0.1, -0.05) is 0 Å². The van der Waals surface area contributed by atoms with Gasteiger partial charge in [-0.3, -0.25) is 35.8 Å². The van der Waals surface area contributed by atoms with Crippen molar-refractivity contribution < 1.29 is 103 Å². The minimum Gasteiger partial charge on any atom is -1.00 e. The molecule has 1 aromatic heterocycles. The number of benzene rings is 2. The second-order valence-corrected chi connectivity index (χ2v) is 9.69. The van der Waals surface area contributed by atoms with Crippen molar-refractivity contribution in [3.63, 3.8) is 0 Å². The summed E-state index contributed by atoms with van der Waals surface area (Å²) < 4.78 is 0. The summed E-state index contributed by atoms with van der Waals surface area (Å²) in [6.45, 7) is 0.465. The van der Waals surface area contributed by atoms with E-state index < -0.39 is 15.1 Å². The van der Waals surface area contributed by atoms with E-state index in [1.165, 1.54) is 36.4 Å². The molecular formula is C26H44Cl3N17Na2O8. The third-order valence-electron chi connectivity index (χ3n) is 5.06. The van der Waals surface area contributed by atoms with Gasteiger partial charge in [0.25, 0.3) is 16.6 Å². The molecule has 30 heteroatoms. The molecule has 56 heavy (non-hydrogen) atoms. The molecule has 0 spiro atoms. The normalized spacial score (nSPS) is 9.11. The maximum atomic E-state index is 10.6. The van der Waals surface area contributed by atoms with Gasteiger partial charge in [-0.05, 0) is 42.9 Å². The van der Waals surface area contributed by atoms with Gasteiger partial charge in [0.15, 0.2) is 17.7 Å². The largest absolute Gasteiger partial charge is 1.00 e. The van der Waals surface area contributed by atoms with Crippen LogP contribution in [0.2, 0.25) is 0 Å². The average molecular weight is 875 g/mol. The molecule has 304 valence electrons. The molecule has 0 aliphatic heterocycles. The summed E-state index contributed by atoms with van der Waals surface area (Å²) in [7, 11) is 8.67. The summed E-state index contributed by atoms with van der Waals surface area (Å²) in [5.74, 6) is 0.956. The Morgan fingerprint density at radius 2 is 1.16 bits per heavy atom. The molecule has 18 N–H and O–H groups in total. The van der Waals surface area contributed by atoms with E-state index in [1.807, 2.05) is 0 Å². The van der Waals surface area contributed by atoms with Crippen molar-refractivity contribution in [2.45, 2.75) is 6.54 Å². The van der Waals surface area contributed by atoms with Gasteiger partial charge >= 0.3 is 59.1 Å². The van der Waals surface area contributed by atoms with Crippen molar-refractivity contribution in [2.75, 3.05) is 41.0 Å². The summed E-state index contributed by atoms with van der Waals surface area (Å²) in [6.07, 6.45) is 0. The van der Waals surface area contributed by atoms with Gasteiger partial charge in [0.1, 0.15) is 5.82 Å². The number of hydrogen-bond donors (Lipinski definition) is 8. The molecule has 2 aromatic carbocycles. The number of nitrogens with zero attached hydrogens (tertiary/aromatic N) is 9. The fraction of sp³-hybridized carbons (Fsp3) is 0.231. The summed E-state index contributed by atoms with van der Waals surface area (Å²) in [5.41, 5.74) is 26.9. The Morgan fingerprint density at radius 3 is 1.43 bits per heavy atom. The topological polar surface area (TPSA) is 456 Å². The molecule has 3 rings (SSSR count). The molecule has 0 radical (unpaired) electrons. The van der Waals surface area contributed by atoms with E-state index in [0.29, 0.717) is 23.8 Å². The molecule has 0 atom stereocenters. The van der Waals surface area contributed by atoms with Crippen LogP contribution in [-0.4, -0.2) is 115 Å². The minimum atomic E-state index is -0.620. The smallest absolute Gasteiger partial charge is 1.00 e. The number of guanidine groups is 4. The van der Waals surface area contributed by atoms with Crippen LogP contribution in [-0.2, 0) is 6.54 Å². The van der Waals surface area contributed by atoms with Crippen molar-refractivity contribution in [2.24, 2.45) is 32.9 Å². The number of halogens is 3. The molecule has 0 aliphatic rings. The zero-order valence-corrected chi connectivity index (χ0v) is 37.7. The van der Waals surface area contributed by atoms with Crippen molar-refractivity contribution >= 4 is 70.4 Å². The number of aromatic nitrogens is 3. The Bertz CT molecular complexity index is 1610. The molecular weight excluding hydrogens is 831 g/mol. The number of non-ortho nitro benzene ring substituents is 2. The molecule has 0 bridgehead atoms. The fourth-order valence-electron chi connectivity index (χ4n) is 2.70. The first-order valence-electron chi connectivity index (χ1n) is 13.3. The van der Waals surface area contributed by atoms with E-state index in [0.717, 1.165) is 0 Å². The molecule has 0 saturated carbocycles. The second kappa shape index (κ2) is 36.5. The van der Waals surface area contributed by atoms with E-state index in [9.17, 15) is 25.0 Å². The number of nitrogens with one attached hydrogen (secondary N) is 3. The first-order valence-corrected chi connectivity index (χ1v) is 13.7. The number of anilines is 1. The number of carbonyl (C=O) groups is 1. The number of aliphatic imine (C=N–C) groups is 2. The molecule has 0 saturated heterocycles. The molecule has 3 aromatic rings. The number of rotatable bonds is 6. The second-order valence-electron chi connectivity index (χ2n) is 9.34. The third-order valence-corrected chi connectivity index (χ3v) is 5.28. The van der Waals surface area contributed by atoms with Crippen molar-refractivity contribution in [3.05, 3.63) is 80.1 Å². The monoisotopic (exact) mass is 873 g/mol. The van der Waals surface area contributed by atoms with E-state index >= 15 is 0 Å². The fourth-order valence-corrected chi connectivity index (χ4v) is 2.82. The first kappa shape index (κ1) is 69.8. The zero-order valence-electron chi connectivity index (χ0n) is 31.4. The van der Waals surface area contributed by atoms with E-state index in [2.05, 4.69) is 30.3 Å². The third kappa shape index (κ3) is 30.2. The Hall–Kier alpha value is -4.09. The maximum Gasteiger partial charge on any atom is 1.00 e. The van der Waals surface area contributed by atoms with Crippen LogP contribution in [0.3, 0.4) is 0 Å². The van der Waals surface area contributed by atoms with Gasteiger partial charge in [0.2, 0.25) is 17.9 Å². The molecule has 0 unspecified atom stereocenters. The Kier molecular flexibility index (Phi) is 45.5. The average Bonchev–Trinajstić information content (AvgIpc) is 3.01. The zero-order chi connectivity index (χ0) is 37.8. The number of carbonyl (C=O) groups excluding carboxylic acids is 1. The summed E-state index contributed by atoms with van der Waals surface area (Å²) in [4.78, 5) is 52.6. The molecule has 25 nitrogen and oxygen atoms in total. The standard InChI is InChI=1S/C11H12N6O2.C7H4ClNO3.2C4H11N5.2ClH.2Na.3H2O/c1-13-6-9-14-10(16-11(12)15-9)7-2-4-8(5-3-7)17(18)19;8-7(10)5-1-3-6(4-2-5)9(11)12;2*1-9(2)4(7)8-3(5)6;;;;;;;/h2-5,13H,6H2,1H3,(H2,12,14,15,16);1-4H;2*1-2H3,(H5,5,6,7,8);2*1H;;;3*1H2/q;;;;;;2*+1;;;/p-2. The van der Waals surface area contributed by atoms with Crippen molar-refractivity contribution in [3.8, 4) is 11.4 Å². The Morgan fingerprint density at radius 1 is 0.804 bits per heavy atom. The molecule has 0 amide bonds. The predicted octanol–water partition coefficient (Wildman–Crippen LogP) is -10.2. The number of nitrogens with two attached hydrogens (primary N) is 5. The quantitative estimate of drug-likeness (QED) is 0.0285. The summed E-state index contributed by atoms with van der Waals surface area (Å²) >= 11 is 5.13. The maximum absolute atomic E-state index is 10.6. The van der Waals surface area contributed by atoms with Crippen LogP contribution in [0.4, 0.5) is 17.3 Å². The van der Waals surface area contributed by atoms with Gasteiger partial charge in [-0.25, -0.2) is 4.98 Å². The van der Waals surface area contributed by atoms with E-state index in [1.54, 1.807) is 57.2 Å². The molecule has 0 fully saturated rings. The molecule has 0 aliphatic carbocycles. The van der Waals surface area contributed by atoms with Gasteiger partial charge in [0.05, 0.1) is 16.4 Å². The summed E-state index contributed by atoms with van der Waals surface area (Å²) in [6, 6.07) is 11.0. The van der Waals surface area contributed by atoms with Gasteiger partial charge in [0, 0.05) is 63.6 Å². The van der Waals surface area contributed by atoms with Crippen LogP contribution < -0.4 is 106 Å². The van der Waals surface area contributed by atoms with Crippen molar-refractivity contribution in [1.29, 1.82) is 10.8 Å². The number of nitrogen functional groups attached to an aromatic ring is 1. The van der Waals surface area contributed by atoms with E-state index in [4.69, 9.17) is 51.1 Å². The SMILES string of the molecule is CN(C)C(N)=NC(=N)N.CN(C)C(N)=NC(=N)N.CNCc1nc(N)nc(-c2ccc([N+](=O)[O-])cc2)n1.Cl.O.O.O=C(Cl)c1ccc([N+](=O)[O-])cc1.[Cl-].[Na+].[Na+].[OH-]. The predicted molar refractivity (Wildman–Crippen MR) is 203 cm³/mol. The molecule has 1 heterocycles. The van der Waals surface area contributed by atoms with Crippen LogP contribution >= 0.6 is 24.0 Å². The number of nitro benzene ring substituents is 2. The van der Waals surface area contributed by atoms with Crippen LogP contribution in [0.1, 0.15) is 16.2 Å². The first-order chi connectivity index (χ1) is 22.8. The number of hydrogen-bond acceptors (Lipinski definition) is 13. The van der Waals surface area contributed by atoms with Crippen LogP contribution in [0, 0.1) is 31.0 Å². The number of nitro groups is 2. The minimum absolute atomic E-state index is 0. The van der Waals surface area contributed by atoms with Crippen LogP contribution in [0.25, 0.3) is 11.4 Å². The Labute approximate surface area is 383 Å². The van der Waals surface area contributed by atoms with Gasteiger partial charge < -0.3 is 72.6 Å². The van der Waals surface area contributed by atoms with E-state index in [-0.39, 0.29) is 147 Å². The Balaban J connectivity index is -0.0000000923. The summed E-state index contributed by atoms with van der Waals surface area (Å²) in [5, 5.41) is 36.4. The van der Waals surface area contributed by atoms with Crippen LogP contribution in [0.15, 0.2) is 58.5 Å². The van der Waals surface area contributed by atoms with Crippen molar-refractivity contribution in [1.82, 2.24) is 30.1 Å².